The summed E-state index contributed by atoms with van der Waals surface area (Å²) in [4.78, 5) is 38.2. The Kier molecular flexibility index (Phi) is 5.25. The second kappa shape index (κ2) is 7.42. The summed E-state index contributed by atoms with van der Waals surface area (Å²) in [7, 11) is 1.68. The van der Waals surface area contributed by atoms with E-state index in [1.807, 2.05) is 4.90 Å². The zero-order valence-electron chi connectivity index (χ0n) is 15.0. The van der Waals surface area contributed by atoms with Crippen molar-refractivity contribution >= 4 is 17.7 Å². The summed E-state index contributed by atoms with van der Waals surface area (Å²) in [5.74, 6) is -0.179. The van der Waals surface area contributed by atoms with Gasteiger partial charge in [-0.25, -0.2) is 4.79 Å². The van der Waals surface area contributed by atoms with Crippen LogP contribution in [0.5, 0.6) is 0 Å². The van der Waals surface area contributed by atoms with Crippen molar-refractivity contribution in [2.24, 2.45) is 13.0 Å². The largest absolute Gasteiger partial charge is 0.451 e. The van der Waals surface area contributed by atoms with Crippen LogP contribution in [0, 0.1) is 5.92 Å². The lowest BCUT2D eigenvalue weighted by Gasteiger charge is -2.44. The predicted molar refractivity (Wildman–Crippen MR) is 92.4 cm³/mol. The van der Waals surface area contributed by atoms with E-state index in [4.69, 9.17) is 4.74 Å². The standard InChI is InChI=1S/C19H26N2O4/c1-13(22)15-10-17(20(2)11-15)19(24)25-12-18(23)21-9-5-7-14-6-3-4-8-16(14)21/h10-11,14,16H,3-9,12H2,1-2H3/t14-,16-/m0/s1. The van der Waals surface area contributed by atoms with Crippen molar-refractivity contribution in [2.45, 2.75) is 51.5 Å². The van der Waals surface area contributed by atoms with Crippen LogP contribution in [0.25, 0.3) is 0 Å². The molecule has 0 radical (unpaired) electrons. The van der Waals surface area contributed by atoms with Gasteiger partial charge in [-0.2, -0.15) is 0 Å². The number of aromatic nitrogens is 1. The lowest BCUT2D eigenvalue weighted by atomic mass is 9.78. The third-order valence-electron chi connectivity index (χ3n) is 5.51. The first-order chi connectivity index (χ1) is 12.0. The Bertz CT molecular complexity index is 677. The van der Waals surface area contributed by atoms with Gasteiger partial charge in [-0.1, -0.05) is 12.8 Å². The van der Waals surface area contributed by atoms with Crippen molar-refractivity contribution in [2.75, 3.05) is 13.2 Å². The number of ketones is 1. The van der Waals surface area contributed by atoms with Gasteiger partial charge in [0.25, 0.3) is 5.91 Å². The molecule has 0 N–H and O–H groups in total. The maximum atomic E-state index is 12.6. The predicted octanol–water partition coefficient (Wildman–Crippen LogP) is 2.57. The summed E-state index contributed by atoms with van der Waals surface area (Å²) >= 11 is 0. The number of rotatable bonds is 4. The monoisotopic (exact) mass is 346 g/mol. The van der Waals surface area contributed by atoms with Crippen LogP contribution in [-0.4, -0.2) is 46.3 Å². The summed E-state index contributed by atoms with van der Waals surface area (Å²) in [6.45, 7) is 1.98. The molecular formula is C19H26N2O4. The quantitative estimate of drug-likeness (QED) is 0.621. The Labute approximate surface area is 148 Å². The number of aryl methyl sites for hydroxylation is 1. The first-order valence-electron chi connectivity index (χ1n) is 9.11. The zero-order valence-corrected chi connectivity index (χ0v) is 15.0. The van der Waals surface area contributed by atoms with Gasteiger partial charge >= 0.3 is 5.97 Å². The molecule has 1 amide bonds. The van der Waals surface area contributed by atoms with Crippen LogP contribution in [0.15, 0.2) is 12.3 Å². The molecule has 25 heavy (non-hydrogen) atoms. The van der Waals surface area contributed by atoms with Gasteiger partial charge < -0.3 is 14.2 Å². The number of nitrogens with zero attached hydrogens (tertiary/aromatic N) is 2. The van der Waals surface area contributed by atoms with Crippen LogP contribution in [0.1, 0.15) is 66.3 Å². The molecule has 0 bridgehead atoms. The Morgan fingerprint density at radius 2 is 1.88 bits per heavy atom. The molecule has 1 aliphatic carbocycles. The van der Waals surface area contributed by atoms with Crippen LogP contribution in [-0.2, 0) is 16.6 Å². The Balaban J connectivity index is 1.60. The smallest absolute Gasteiger partial charge is 0.355 e. The van der Waals surface area contributed by atoms with Crippen LogP contribution in [0.3, 0.4) is 0 Å². The number of esters is 1. The van der Waals surface area contributed by atoms with Gasteiger partial charge in [0.15, 0.2) is 12.4 Å². The van der Waals surface area contributed by atoms with E-state index in [2.05, 4.69) is 0 Å². The summed E-state index contributed by atoms with van der Waals surface area (Å²) in [5, 5.41) is 0. The molecule has 2 atom stereocenters. The average molecular weight is 346 g/mol. The molecule has 136 valence electrons. The lowest BCUT2D eigenvalue weighted by molar-refractivity contribution is -0.140. The molecule has 2 aliphatic rings. The molecule has 0 spiro atoms. The van der Waals surface area contributed by atoms with Crippen LogP contribution in [0.2, 0.25) is 0 Å². The maximum absolute atomic E-state index is 12.6. The van der Waals surface area contributed by atoms with E-state index in [0.717, 1.165) is 19.4 Å². The van der Waals surface area contributed by atoms with Crippen molar-refractivity contribution in [3.05, 3.63) is 23.5 Å². The molecule has 1 aromatic heterocycles. The molecule has 1 saturated heterocycles. The molecular weight excluding hydrogens is 320 g/mol. The Hall–Kier alpha value is -2.11. The van der Waals surface area contributed by atoms with Crippen LogP contribution in [0.4, 0.5) is 0 Å². The van der Waals surface area contributed by atoms with Gasteiger partial charge in [-0.15, -0.1) is 0 Å². The second-order valence-electron chi connectivity index (χ2n) is 7.20. The van der Waals surface area contributed by atoms with E-state index in [9.17, 15) is 14.4 Å². The molecule has 0 aromatic carbocycles. The highest BCUT2D eigenvalue weighted by molar-refractivity contribution is 5.98. The third-order valence-corrected chi connectivity index (χ3v) is 5.51. The fourth-order valence-corrected chi connectivity index (χ4v) is 4.18. The van der Waals surface area contributed by atoms with Gasteiger partial charge in [0.1, 0.15) is 5.69 Å². The van der Waals surface area contributed by atoms with E-state index in [-0.39, 0.29) is 24.0 Å². The van der Waals surface area contributed by atoms with Gasteiger partial charge in [-0.3, -0.25) is 9.59 Å². The molecule has 3 rings (SSSR count). The van der Waals surface area contributed by atoms with E-state index < -0.39 is 5.97 Å². The average Bonchev–Trinajstić information content (AvgIpc) is 3.01. The molecule has 6 nitrogen and oxygen atoms in total. The normalized spacial score (nSPS) is 23.0. The van der Waals surface area contributed by atoms with Crippen LogP contribution < -0.4 is 0 Å². The molecule has 2 fully saturated rings. The Morgan fingerprint density at radius 3 is 2.60 bits per heavy atom. The van der Waals surface area contributed by atoms with E-state index >= 15 is 0 Å². The maximum Gasteiger partial charge on any atom is 0.355 e. The number of hydrogen-bond donors (Lipinski definition) is 0. The molecule has 0 unspecified atom stereocenters. The highest BCUT2D eigenvalue weighted by atomic mass is 16.5. The fourth-order valence-electron chi connectivity index (χ4n) is 4.18. The molecule has 1 saturated carbocycles. The molecule has 1 aliphatic heterocycles. The van der Waals surface area contributed by atoms with Gasteiger partial charge in [0.05, 0.1) is 0 Å². The summed E-state index contributed by atoms with van der Waals surface area (Å²) in [6, 6.07) is 1.82. The van der Waals surface area contributed by atoms with Crippen molar-refractivity contribution < 1.29 is 19.1 Å². The summed E-state index contributed by atoms with van der Waals surface area (Å²) in [5.41, 5.74) is 0.744. The van der Waals surface area contributed by atoms with Gasteiger partial charge in [0.2, 0.25) is 0 Å². The third kappa shape index (κ3) is 3.78. The minimum atomic E-state index is -0.569. The summed E-state index contributed by atoms with van der Waals surface area (Å²) < 4.78 is 6.79. The zero-order chi connectivity index (χ0) is 18.0. The topological polar surface area (TPSA) is 68.6 Å². The minimum Gasteiger partial charge on any atom is -0.451 e. The molecule has 1 aromatic rings. The SMILES string of the molecule is CC(=O)c1cc(C(=O)OCC(=O)N2CCC[C@@H]3CCCC[C@@H]32)n(C)c1. The number of hydrogen-bond acceptors (Lipinski definition) is 4. The number of carbonyl (C=O) groups excluding carboxylic acids is 3. The number of piperidine rings is 1. The highest BCUT2D eigenvalue weighted by Gasteiger charge is 2.35. The van der Waals surface area contributed by atoms with Crippen molar-refractivity contribution in [3.8, 4) is 0 Å². The number of ether oxygens (including phenoxy) is 1. The van der Waals surface area contributed by atoms with E-state index in [0.29, 0.717) is 17.5 Å². The van der Waals surface area contributed by atoms with Gasteiger partial charge in [0, 0.05) is 31.4 Å². The lowest BCUT2D eigenvalue weighted by Crippen LogP contribution is -2.50. The fraction of sp³-hybridized carbons (Fsp3) is 0.632. The summed E-state index contributed by atoms with van der Waals surface area (Å²) in [6.07, 6.45) is 8.51. The van der Waals surface area contributed by atoms with E-state index in [1.54, 1.807) is 17.8 Å². The van der Waals surface area contributed by atoms with Crippen molar-refractivity contribution in [3.63, 3.8) is 0 Å². The first kappa shape index (κ1) is 17.7. The number of carbonyl (C=O) groups is 3. The van der Waals surface area contributed by atoms with E-state index in [1.165, 1.54) is 38.7 Å². The molecule has 6 heteroatoms. The molecule has 2 heterocycles. The second-order valence-corrected chi connectivity index (χ2v) is 7.20. The number of Topliss-reactive ketones (excluding diaryl/α,β-unsaturated/α-hetero) is 1. The first-order valence-corrected chi connectivity index (χ1v) is 9.11. The Morgan fingerprint density at radius 1 is 1.16 bits per heavy atom. The number of fused-ring (bicyclic) bond motifs is 1. The van der Waals surface area contributed by atoms with Gasteiger partial charge in [-0.05, 0) is 44.6 Å². The van der Waals surface area contributed by atoms with Crippen LogP contribution >= 0.6 is 0 Å². The van der Waals surface area contributed by atoms with Crippen molar-refractivity contribution in [1.29, 1.82) is 0 Å². The minimum absolute atomic E-state index is 0.106. The number of amides is 1. The van der Waals surface area contributed by atoms with Crippen molar-refractivity contribution in [1.82, 2.24) is 9.47 Å². The number of likely N-dealkylation sites (tertiary alicyclic amines) is 1. The highest BCUT2D eigenvalue weighted by Crippen LogP contribution is 2.35.